The number of methoxy groups -OCH3 is 1. The molecule has 30 heavy (non-hydrogen) atoms. The van der Waals surface area contributed by atoms with Crippen LogP contribution in [0.15, 0.2) is 48.5 Å². The first-order chi connectivity index (χ1) is 13.8. The summed E-state index contributed by atoms with van der Waals surface area (Å²) in [6.07, 6.45) is 0.621. The average Bonchev–Trinajstić information content (AvgIpc) is 2.93. The van der Waals surface area contributed by atoms with Crippen molar-refractivity contribution < 1.29 is 19.1 Å². The maximum atomic E-state index is 12.9. The molecule has 0 aliphatic carbocycles. The molecule has 1 heterocycles. The Morgan fingerprint density at radius 3 is 2.37 bits per heavy atom. The van der Waals surface area contributed by atoms with E-state index in [1.165, 1.54) is 0 Å². The van der Waals surface area contributed by atoms with Gasteiger partial charge in [0.05, 0.1) is 7.11 Å². The van der Waals surface area contributed by atoms with Crippen LogP contribution in [0.1, 0.15) is 18.1 Å². The first-order valence-corrected chi connectivity index (χ1v) is 9.23. The Bertz CT molecular complexity index is 918. The zero-order valence-electron chi connectivity index (χ0n) is 16.8. The zero-order valence-corrected chi connectivity index (χ0v) is 17.6. The molecule has 0 radical (unpaired) electrons. The summed E-state index contributed by atoms with van der Waals surface area (Å²) >= 11 is 0. The Labute approximate surface area is 181 Å². The number of halogens is 1. The lowest BCUT2D eigenvalue weighted by Crippen LogP contribution is -2.43. The van der Waals surface area contributed by atoms with E-state index in [9.17, 15) is 14.4 Å². The van der Waals surface area contributed by atoms with E-state index in [2.05, 4.69) is 10.6 Å². The van der Waals surface area contributed by atoms with Gasteiger partial charge in [0.1, 0.15) is 17.8 Å². The number of carbonyl (C=O) groups is 3. The van der Waals surface area contributed by atoms with Crippen molar-refractivity contribution in [3.63, 3.8) is 0 Å². The molecule has 2 aromatic rings. The number of nitrogens with two attached hydrogens (primary N) is 1. The van der Waals surface area contributed by atoms with E-state index in [1.807, 2.05) is 12.1 Å². The standard InChI is InChI=1S/C21H24N4O4.ClH/c1-21(15-5-9-17(29-2)10-6-15)19(27)25(20(28)24-21)13-18(26)23-12-11-14-3-7-16(22)8-4-14;/h3-10H,11-13,22H2,1-2H3,(H,23,26)(H,24,28);1H. The number of nitrogens with zero attached hydrogens (tertiary/aromatic N) is 1. The van der Waals surface area contributed by atoms with Gasteiger partial charge in [0.2, 0.25) is 5.91 Å². The van der Waals surface area contributed by atoms with Crippen molar-refractivity contribution in [1.82, 2.24) is 15.5 Å². The largest absolute Gasteiger partial charge is 0.497 e. The summed E-state index contributed by atoms with van der Waals surface area (Å²) < 4.78 is 5.12. The third-order valence-corrected chi connectivity index (χ3v) is 4.96. The second-order valence-electron chi connectivity index (χ2n) is 7.02. The number of carbonyl (C=O) groups excluding carboxylic acids is 3. The van der Waals surface area contributed by atoms with Gasteiger partial charge in [0.15, 0.2) is 0 Å². The van der Waals surface area contributed by atoms with Gasteiger partial charge < -0.3 is 21.1 Å². The Morgan fingerprint density at radius 2 is 1.77 bits per heavy atom. The predicted molar refractivity (Wildman–Crippen MR) is 115 cm³/mol. The smallest absolute Gasteiger partial charge is 0.325 e. The molecule has 1 atom stereocenters. The van der Waals surface area contributed by atoms with E-state index in [0.717, 1.165) is 10.5 Å². The number of ether oxygens (including phenoxy) is 1. The van der Waals surface area contributed by atoms with E-state index < -0.39 is 23.4 Å². The van der Waals surface area contributed by atoms with E-state index >= 15 is 0 Å². The minimum Gasteiger partial charge on any atom is -0.497 e. The molecule has 0 aromatic heterocycles. The van der Waals surface area contributed by atoms with Crippen molar-refractivity contribution >= 4 is 35.9 Å². The molecule has 0 spiro atoms. The summed E-state index contributed by atoms with van der Waals surface area (Å²) in [7, 11) is 1.55. The number of benzene rings is 2. The van der Waals surface area contributed by atoms with Crippen molar-refractivity contribution in [3.05, 3.63) is 59.7 Å². The first kappa shape index (κ1) is 23.0. The van der Waals surface area contributed by atoms with Crippen molar-refractivity contribution in [2.45, 2.75) is 18.9 Å². The molecule has 1 unspecified atom stereocenters. The molecule has 0 bridgehead atoms. The maximum absolute atomic E-state index is 12.9. The van der Waals surface area contributed by atoms with Crippen LogP contribution in [0.4, 0.5) is 10.5 Å². The van der Waals surface area contributed by atoms with Gasteiger partial charge in [0, 0.05) is 12.2 Å². The van der Waals surface area contributed by atoms with E-state index in [1.54, 1.807) is 50.4 Å². The molecular weight excluding hydrogens is 408 g/mol. The summed E-state index contributed by atoms with van der Waals surface area (Å²) in [5.41, 5.74) is 6.74. The third kappa shape index (κ3) is 4.83. The highest BCUT2D eigenvalue weighted by atomic mass is 35.5. The average molecular weight is 433 g/mol. The van der Waals surface area contributed by atoms with Crippen LogP contribution in [0.5, 0.6) is 5.75 Å². The number of rotatable bonds is 7. The van der Waals surface area contributed by atoms with Gasteiger partial charge in [-0.3, -0.25) is 14.5 Å². The van der Waals surface area contributed by atoms with Crippen LogP contribution in [0, 0.1) is 0 Å². The molecule has 1 saturated heterocycles. The molecule has 9 heteroatoms. The third-order valence-electron chi connectivity index (χ3n) is 4.96. The van der Waals surface area contributed by atoms with E-state index in [4.69, 9.17) is 10.5 Å². The molecule has 8 nitrogen and oxygen atoms in total. The molecule has 1 fully saturated rings. The lowest BCUT2D eigenvalue weighted by Gasteiger charge is -2.22. The summed E-state index contributed by atoms with van der Waals surface area (Å²) in [5.74, 6) is -0.226. The van der Waals surface area contributed by atoms with Crippen LogP contribution in [-0.2, 0) is 21.5 Å². The van der Waals surface area contributed by atoms with Crippen LogP contribution in [0.3, 0.4) is 0 Å². The Hall–Kier alpha value is -3.26. The monoisotopic (exact) mass is 432 g/mol. The molecule has 4 N–H and O–H groups in total. The van der Waals surface area contributed by atoms with Gasteiger partial charge in [-0.05, 0) is 48.7 Å². The summed E-state index contributed by atoms with van der Waals surface area (Å²) in [6, 6.07) is 13.6. The van der Waals surface area contributed by atoms with Gasteiger partial charge in [-0.15, -0.1) is 12.4 Å². The van der Waals surface area contributed by atoms with Gasteiger partial charge in [-0.1, -0.05) is 24.3 Å². The lowest BCUT2D eigenvalue weighted by molar-refractivity contribution is -0.134. The molecular formula is C21H25ClN4O4. The molecule has 4 amide bonds. The second-order valence-corrected chi connectivity index (χ2v) is 7.02. The Balaban J connectivity index is 0.00000320. The predicted octanol–water partition coefficient (Wildman–Crippen LogP) is 1.83. The number of hydrogen-bond acceptors (Lipinski definition) is 5. The quantitative estimate of drug-likeness (QED) is 0.456. The first-order valence-electron chi connectivity index (χ1n) is 9.23. The van der Waals surface area contributed by atoms with E-state index in [-0.39, 0.29) is 19.0 Å². The molecule has 1 aliphatic rings. The SMILES string of the molecule is COc1ccc(C2(C)NC(=O)N(CC(=O)NCCc3ccc(N)cc3)C2=O)cc1.Cl. The van der Waals surface area contributed by atoms with Crippen LogP contribution in [0.25, 0.3) is 0 Å². The Kier molecular flexibility index (Phi) is 7.28. The van der Waals surface area contributed by atoms with Crippen molar-refractivity contribution in [2.24, 2.45) is 0 Å². The van der Waals surface area contributed by atoms with Crippen LogP contribution >= 0.6 is 12.4 Å². The highest BCUT2D eigenvalue weighted by Crippen LogP contribution is 2.29. The lowest BCUT2D eigenvalue weighted by atomic mass is 9.92. The molecule has 1 aliphatic heterocycles. The van der Waals surface area contributed by atoms with Crippen LogP contribution in [0.2, 0.25) is 0 Å². The number of hydrogen-bond donors (Lipinski definition) is 3. The number of imide groups is 1. The summed E-state index contributed by atoms with van der Waals surface area (Å²) in [6.45, 7) is 1.67. The van der Waals surface area contributed by atoms with Gasteiger partial charge in [-0.25, -0.2) is 4.79 Å². The minimum atomic E-state index is -1.23. The highest BCUT2D eigenvalue weighted by molar-refractivity contribution is 6.09. The molecule has 160 valence electrons. The molecule has 3 rings (SSSR count). The number of nitrogen functional groups attached to an aromatic ring is 1. The second kappa shape index (κ2) is 9.49. The van der Waals surface area contributed by atoms with Crippen LogP contribution in [-0.4, -0.2) is 42.9 Å². The van der Waals surface area contributed by atoms with Gasteiger partial charge in [-0.2, -0.15) is 0 Å². The van der Waals surface area contributed by atoms with Gasteiger partial charge in [0.25, 0.3) is 5.91 Å². The van der Waals surface area contributed by atoms with Crippen molar-refractivity contribution in [2.75, 3.05) is 25.9 Å². The highest BCUT2D eigenvalue weighted by Gasteiger charge is 2.49. The fourth-order valence-corrected chi connectivity index (χ4v) is 3.19. The number of amides is 4. The van der Waals surface area contributed by atoms with E-state index in [0.29, 0.717) is 30.0 Å². The fourth-order valence-electron chi connectivity index (χ4n) is 3.19. The van der Waals surface area contributed by atoms with Crippen LogP contribution < -0.4 is 21.1 Å². The number of anilines is 1. The van der Waals surface area contributed by atoms with Crippen molar-refractivity contribution in [3.8, 4) is 5.75 Å². The number of nitrogens with one attached hydrogen (secondary N) is 2. The summed E-state index contributed by atoms with van der Waals surface area (Å²) in [4.78, 5) is 38.4. The van der Waals surface area contributed by atoms with Crippen molar-refractivity contribution in [1.29, 1.82) is 0 Å². The fraction of sp³-hybridized carbons (Fsp3) is 0.286. The summed E-state index contributed by atoms with van der Waals surface area (Å²) in [5, 5.41) is 5.42. The topological polar surface area (TPSA) is 114 Å². The molecule has 2 aromatic carbocycles. The van der Waals surface area contributed by atoms with Gasteiger partial charge >= 0.3 is 6.03 Å². The Morgan fingerprint density at radius 1 is 1.13 bits per heavy atom. The maximum Gasteiger partial charge on any atom is 0.325 e. The molecule has 0 saturated carbocycles. The number of urea groups is 1. The normalized spacial score (nSPS) is 17.9. The minimum absolute atomic E-state index is 0. The zero-order chi connectivity index (χ0) is 21.0.